The lowest BCUT2D eigenvalue weighted by Crippen LogP contribution is -2.10. The van der Waals surface area contributed by atoms with Gasteiger partial charge in [0.05, 0.1) is 10.5 Å². The summed E-state index contributed by atoms with van der Waals surface area (Å²) in [5, 5.41) is 4.57. The molecule has 3 aromatic rings. The summed E-state index contributed by atoms with van der Waals surface area (Å²) in [6, 6.07) is 11.7. The van der Waals surface area contributed by atoms with E-state index in [0.717, 1.165) is 17.6 Å². The third-order valence-corrected chi connectivity index (χ3v) is 3.77. The van der Waals surface area contributed by atoms with Crippen LogP contribution in [0.2, 0.25) is 5.02 Å². The van der Waals surface area contributed by atoms with Gasteiger partial charge in [0.15, 0.2) is 0 Å². The fraction of sp³-hybridized carbons (Fsp3) is 0.158. The van der Waals surface area contributed by atoms with Gasteiger partial charge in [-0.05, 0) is 43.9 Å². The monoisotopic (exact) mass is 336 g/mol. The van der Waals surface area contributed by atoms with Crippen molar-refractivity contribution in [1.29, 1.82) is 0 Å². The highest BCUT2D eigenvalue weighted by Crippen LogP contribution is 2.25. The number of fused-ring (bicyclic) bond motifs is 1. The number of nitrogens with zero attached hydrogens (tertiary/aromatic N) is 3. The fourth-order valence-electron chi connectivity index (χ4n) is 2.49. The average molecular weight is 337 g/mol. The molecule has 0 saturated carbocycles. The lowest BCUT2D eigenvalue weighted by atomic mass is 10.1. The molecule has 0 aliphatic carbocycles. The summed E-state index contributed by atoms with van der Waals surface area (Å²) in [7, 11) is 4.08. The quantitative estimate of drug-likeness (QED) is 0.729. The van der Waals surface area contributed by atoms with Crippen LogP contribution < -0.4 is 5.32 Å². The highest BCUT2D eigenvalue weighted by atomic mass is 35.5. The van der Waals surface area contributed by atoms with Gasteiger partial charge in [0.2, 0.25) is 5.95 Å². The summed E-state index contributed by atoms with van der Waals surface area (Å²) >= 11 is 6.28. The summed E-state index contributed by atoms with van der Waals surface area (Å²) in [5.41, 5.74) is 3.54. The first-order valence-electron chi connectivity index (χ1n) is 7.49. The summed E-state index contributed by atoms with van der Waals surface area (Å²) in [4.78, 5) is 11.0. The Morgan fingerprint density at radius 2 is 2.08 bits per heavy atom. The molecule has 2 aromatic carbocycles. The second-order valence-corrected chi connectivity index (χ2v) is 6.20. The molecule has 0 atom stereocenters. The molecule has 0 fully saturated rings. The van der Waals surface area contributed by atoms with Crippen LogP contribution in [0.3, 0.4) is 0 Å². The Kier molecular flexibility index (Phi) is 4.66. The average Bonchev–Trinajstić information content (AvgIpc) is 2.55. The molecule has 0 aliphatic rings. The number of hydrogen-bond acceptors (Lipinski definition) is 4. The molecule has 0 amide bonds. The third-order valence-electron chi connectivity index (χ3n) is 3.49. The van der Waals surface area contributed by atoms with Gasteiger partial charge in [0.1, 0.15) is 0 Å². The molecule has 0 radical (unpaired) electrons. The third kappa shape index (κ3) is 3.65. The maximum absolute atomic E-state index is 6.28. The van der Waals surface area contributed by atoms with E-state index in [-0.39, 0.29) is 0 Å². The van der Waals surface area contributed by atoms with Crippen molar-refractivity contribution in [1.82, 2.24) is 14.9 Å². The molecule has 0 bridgehead atoms. The molecule has 3 rings (SSSR count). The molecule has 1 N–H and O–H groups in total. The Morgan fingerprint density at radius 1 is 1.25 bits per heavy atom. The number of hydrogen-bond donors (Lipinski definition) is 1. The molecule has 1 heterocycles. The number of rotatable bonds is 4. The molecule has 0 aliphatic heterocycles. The predicted molar refractivity (Wildman–Crippen MR) is 99.6 cm³/mol. The smallest absolute Gasteiger partial charge is 0.227 e. The van der Waals surface area contributed by atoms with E-state index in [2.05, 4.69) is 38.2 Å². The molecule has 0 spiro atoms. The Balaban J connectivity index is 1.91. The van der Waals surface area contributed by atoms with Crippen molar-refractivity contribution in [2.24, 2.45) is 0 Å². The SMILES string of the molecule is C#Cc1cc(Cl)c2nc(Nc3cccc(CN(C)C)c3)ncc2c1. The summed E-state index contributed by atoms with van der Waals surface area (Å²) in [6.45, 7) is 0.870. The highest BCUT2D eigenvalue weighted by Gasteiger charge is 2.06. The zero-order valence-electron chi connectivity index (χ0n) is 13.5. The minimum atomic E-state index is 0.500. The van der Waals surface area contributed by atoms with Crippen LogP contribution in [0.5, 0.6) is 0 Å². The van der Waals surface area contributed by atoms with Crippen molar-refractivity contribution < 1.29 is 0 Å². The van der Waals surface area contributed by atoms with Gasteiger partial charge in [0.25, 0.3) is 0 Å². The van der Waals surface area contributed by atoms with Gasteiger partial charge >= 0.3 is 0 Å². The van der Waals surface area contributed by atoms with Crippen molar-refractivity contribution >= 4 is 34.1 Å². The van der Waals surface area contributed by atoms with Gasteiger partial charge < -0.3 is 10.2 Å². The Labute approximate surface area is 146 Å². The number of halogens is 1. The standard InChI is InChI=1S/C19H17ClN4/c1-4-13-8-15-11-21-19(23-18(15)17(20)10-13)22-16-7-5-6-14(9-16)12-24(2)3/h1,5-11H,12H2,2-3H3,(H,21,22,23). The topological polar surface area (TPSA) is 41.1 Å². The van der Waals surface area contributed by atoms with Crippen molar-refractivity contribution in [3.8, 4) is 12.3 Å². The van der Waals surface area contributed by atoms with Crippen molar-refractivity contribution in [3.63, 3.8) is 0 Å². The molecule has 5 heteroatoms. The summed E-state index contributed by atoms with van der Waals surface area (Å²) < 4.78 is 0. The van der Waals surface area contributed by atoms with E-state index in [1.54, 1.807) is 12.3 Å². The molecule has 24 heavy (non-hydrogen) atoms. The lowest BCUT2D eigenvalue weighted by molar-refractivity contribution is 0.402. The molecule has 120 valence electrons. The summed E-state index contributed by atoms with van der Waals surface area (Å²) in [5.74, 6) is 3.08. The minimum Gasteiger partial charge on any atom is -0.324 e. The largest absolute Gasteiger partial charge is 0.324 e. The zero-order valence-corrected chi connectivity index (χ0v) is 14.3. The number of terminal acetylenes is 1. The van der Waals surface area contributed by atoms with Gasteiger partial charge in [-0.3, -0.25) is 0 Å². The van der Waals surface area contributed by atoms with E-state index in [9.17, 15) is 0 Å². The van der Waals surface area contributed by atoms with Crippen LogP contribution in [0.15, 0.2) is 42.6 Å². The number of benzene rings is 2. The molecule has 0 saturated heterocycles. The molecule has 4 nitrogen and oxygen atoms in total. The number of anilines is 2. The van der Waals surface area contributed by atoms with Crippen molar-refractivity contribution in [3.05, 3.63) is 58.7 Å². The van der Waals surface area contributed by atoms with E-state index < -0.39 is 0 Å². The Hall–Kier alpha value is -2.61. The van der Waals surface area contributed by atoms with Gasteiger partial charge in [-0.25, -0.2) is 9.97 Å². The van der Waals surface area contributed by atoms with Gasteiger partial charge in [0, 0.05) is 29.4 Å². The van der Waals surface area contributed by atoms with Crippen LogP contribution in [0.25, 0.3) is 10.9 Å². The molecular formula is C19H17ClN4. The predicted octanol–water partition coefficient (Wildman–Crippen LogP) is 4.07. The molecule has 0 unspecified atom stereocenters. The summed E-state index contributed by atoms with van der Waals surface area (Å²) in [6.07, 6.45) is 7.15. The minimum absolute atomic E-state index is 0.500. The molecule has 1 aromatic heterocycles. The molecular weight excluding hydrogens is 320 g/mol. The van der Waals surface area contributed by atoms with Gasteiger partial charge in [-0.2, -0.15) is 0 Å². The number of nitrogens with one attached hydrogen (secondary N) is 1. The second kappa shape index (κ2) is 6.88. The normalized spacial score (nSPS) is 10.8. The first kappa shape index (κ1) is 16.3. The van der Waals surface area contributed by atoms with Crippen LogP contribution in [0, 0.1) is 12.3 Å². The lowest BCUT2D eigenvalue weighted by Gasteiger charge is -2.11. The number of aromatic nitrogens is 2. The zero-order chi connectivity index (χ0) is 17.1. The van der Waals surface area contributed by atoms with E-state index in [1.807, 2.05) is 32.3 Å². The van der Waals surface area contributed by atoms with Gasteiger partial charge in [-0.1, -0.05) is 29.7 Å². The van der Waals surface area contributed by atoms with E-state index in [0.29, 0.717) is 22.1 Å². The van der Waals surface area contributed by atoms with Crippen LogP contribution in [-0.4, -0.2) is 29.0 Å². The van der Waals surface area contributed by atoms with Crippen LogP contribution >= 0.6 is 11.6 Å². The van der Waals surface area contributed by atoms with E-state index in [1.165, 1.54) is 5.56 Å². The van der Waals surface area contributed by atoms with Crippen LogP contribution in [0.1, 0.15) is 11.1 Å². The Morgan fingerprint density at radius 3 is 2.83 bits per heavy atom. The van der Waals surface area contributed by atoms with E-state index in [4.69, 9.17) is 18.0 Å². The fourth-order valence-corrected chi connectivity index (χ4v) is 2.76. The maximum Gasteiger partial charge on any atom is 0.227 e. The second-order valence-electron chi connectivity index (χ2n) is 5.80. The van der Waals surface area contributed by atoms with Crippen molar-refractivity contribution in [2.75, 3.05) is 19.4 Å². The van der Waals surface area contributed by atoms with E-state index >= 15 is 0 Å². The Bertz CT molecular complexity index is 928. The van der Waals surface area contributed by atoms with Crippen molar-refractivity contribution in [2.45, 2.75) is 6.54 Å². The van der Waals surface area contributed by atoms with Gasteiger partial charge in [-0.15, -0.1) is 6.42 Å². The first-order valence-corrected chi connectivity index (χ1v) is 7.86. The highest BCUT2D eigenvalue weighted by molar-refractivity contribution is 6.35. The van der Waals surface area contributed by atoms with Crippen LogP contribution in [-0.2, 0) is 6.54 Å². The maximum atomic E-state index is 6.28. The first-order chi connectivity index (χ1) is 11.5. The van der Waals surface area contributed by atoms with Crippen LogP contribution in [0.4, 0.5) is 11.6 Å².